The maximum atomic E-state index is 12.3. The first-order valence-electron chi connectivity index (χ1n) is 8.99. The average Bonchev–Trinajstić information content (AvgIpc) is 3.38. The third-order valence-corrected chi connectivity index (χ3v) is 5.32. The molecule has 4 aromatic rings. The van der Waals surface area contributed by atoms with E-state index in [4.69, 9.17) is 20.9 Å². The van der Waals surface area contributed by atoms with E-state index in [0.717, 1.165) is 11.1 Å². The summed E-state index contributed by atoms with van der Waals surface area (Å²) in [7, 11) is 1.69. The monoisotopic (exact) mass is 439 g/mol. The van der Waals surface area contributed by atoms with Gasteiger partial charge in [0.1, 0.15) is 18.2 Å². The molecule has 0 saturated carbocycles. The molecule has 31 heavy (non-hydrogen) atoms. The number of nitrogen functional groups attached to an aromatic ring is 1. The molecule has 0 fully saturated rings. The van der Waals surface area contributed by atoms with E-state index in [-0.39, 0.29) is 18.0 Å². The van der Waals surface area contributed by atoms with Crippen LogP contribution in [0.5, 0.6) is 5.75 Å². The van der Waals surface area contributed by atoms with Crippen LogP contribution in [0.15, 0.2) is 35.8 Å². The number of hydrogen-bond acceptors (Lipinski definition) is 10. The molecule has 1 aromatic carbocycles. The van der Waals surface area contributed by atoms with E-state index in [1.807, 2.05) is 23.6 Å². The van der Waals surface area contributed by atoms with Gasteiger partial charge in [-0.3, -0.25) is 4.79 Å². The van der Waals surface area contributed by atoms with Crippen molar-refractivity contribution in [3.05, 3.63) is 47.0 Å². The van der Waals surface area contributed by atoms with Crippen LogP contribution in [-0.4, -0.2) is 43.7 Å². The minimum absolute atomic E-state index is 0.197. The van der Waals surface area contributed by atoms with Gasteiger partial charge in [-0.2, -0.15) is 4.80 Å². The lowest BCUT2D eigenvalue weighted by atomic mass is 10.1. The molecule has 0 atom stereocenters. The van der Waals surface area contributed by atoms with Gasteiger partial charge in [-0.15, -0.1) is 21.5 Å². The Labute approximate surface area is 179 Å². The number of anilines is 1. The van der Waals surface area contributed by atoms with Crippen molar-refractivity contribution in [1.29, 1.82) is 0 Å². The number of aromatic nitrogens is 5. The van der Waals surface area contributed by atoms with Crippen molar-refractivity contribution in [3.63, 3.8) is 0 Å². The number of ether oxygens (including phenoxy) is 2. The topological polar surface area (TPSA) is 161 Å². The van der Waals surface area contributed by atoms with Crippen LogP contribution in [0, 0.1) is 0 Å². The van der Waals surface area contributed by atoms with E-state index in [2.05, 4.69) is 20.4 Å². The number of tetrazole rings is 1. The zero-order valence-corrected chi connectivity index (χ0v) is 17.1. The minimum atomic E-state index is -0.743. The Kier molecular flexibility index (Phi) is 5.45. The van der Waals surface area contributed by atoms with Gasteiger partial charge >= 0.3 is 5.97 Å². The SMILES string of the molecule is Cn1nnc(-c2cccc(OCc3csc4c(C(=O)OCC(N)=O)cnc(N)c34)c2)n1. The fourth-order valence-electron chi connectivity index (χ4n) is 2.88. The number of thiophene rings is 1. The highest BCUT2D eigenvalue weighted by Gasteiger charge is 2.19. The second kappa shape index (κ2) is 8.36. The fraction of sp³-hybridized carbons (Fsp3) is 0.158. The highest BCUT2D eigenvalue weighted by Crippen LogP contribution is 2.33. The molecule has 3 aromatic heterocycles. The molecule has 3 heterocycles. The first-order valence-corrected chi connectivity index (χ1v) is 9.87. The Morgan fingerprint density at radius 1 is 1.29 bits per heavy atom. The first kappa shape index (κ1) is 20.2. The Hall–Kier alpha value is -4.06. The number of esters is 1. The standard InChI is InChI=1S/C19H17N7O4S/c1-26-24-18(23-25-26)10-3-2-4-12(5-10)29-7-11-9-31-16-13(6-22-17(21)15(11)16)19(28)30-8-14(20)27/h2-6,9H,7-8H2,1H3,(H2,20,27)(H2,21,22). The van der Waals surface area contributed by atoms with Crippen molar-refractivity contribution in [2.75, 3.05) is 12.3 Å². The quantitative estimate of drug-likeness (QED) is 0.404. The fourth-order valence-corrected chi connectivity index (χ4v) is 3.94. The molecule has 0 bridgehead atoms. The molecule has 158 valence electrons. The van der Waals surface area contributed by atoms with Gasteiger partial charge in [0.15, 0.2) is 6.61 Å². The summed E-state index contributed by atoms with van der Waals surface area (Å²) in [6, 6.07) is 7.30. The van der Waals surface area contributed by atoms with Crippen LogP contribution in [-0.2, 0) is 23.2 Å². The average molecular weight is 439 g/mol. The number of primary amides is 1. The number of fused-ring (bicyclic) bond motifs is 1. The molecule has 4 rings (SSSR count). The van der Waals surface area contributed by atoms with Crippen LogP contribution in [0.2, 0.25) is 0 Å². The maximum Gasteiger partial charge on any atom is 0.341 e. The van der Waals surface area contributed by atoms with Crippen molar-refractivity contribution >= 4 is 39.1 Å². The highest BCUT2D eigenvalue weighted by atomic mass is 32.1. The number of aryl methyl sites for hydroxylation is 1. The Morgan fingerprint density at radius 2 is 2.13 bits per heavy atom. The van der Waals surface area contributed by atoms with Gasteiger partial charge < -0.3 is 20.9 Å². The molecular formula is C19H17N7O4S. The van der Waals surface area contributed by atoms with Gasteiger partial charge in [0, 0.05) is 22.7 Å². The second-order valence-electron chi connectivity index (χ2n) is 6.48. The van der Waals surface area contributed by atoms with Gasteiger partial charge in [-0.05, 0) is 22.7 Å². The van der Waals surface area contributed by atoms with Crippen molar-refractivity contribution in [2.45, 2.75) is 6.61 Å². The number of rotatable bonds is 7. The summed E-state index contributed by atoms with van der Waals surface area (Å²) in [6.45, 7) is -0.313. The minimum Gasteiger partial charge on any atom is -0.489 e. The van der Waals surface area contributed by atoms with Crippen LogP contribution < -0.4 is 16.2 Å². The predicted octanol–water partition coefficient (Wildman–Crippen LogP) is 1.29. The highest BCUT2D eigenvalue weighted by molar-refractivity contribution is 7.17. The van der Waals surface area contributed by atoms with Crippen molar-refractivity contribution in [2.24, 2.45) is 12.8 Å². The number of nitrogens with two attached hydrogens (primary N) is 2. The number of nitrogens with zero attached hydrogens (tertiary/aromatic N) is 5. The molecule has 12 heteroatoms. The van der Waals surface area contributed by atoms with Crippen LogP contribution >= 0.6 is 11.3 Å². The molecule has 0 spiro atoms. The van der Waals surface area contributed by atoms with Gasteiger partial charge in [0.25, 0.3) is 5.91 Å². The Balaban J connectivity index is 1.56. The summed E-state index contributed by atoms with van der Waals surface area (Å²) in [5.41, 5.74) is 12.8. The lowest BCUT2D eigenvalue weighted by Gasteiger charge is -2.08. The van der Waals surface area contributed by atoms with Gasteiger partial charge in [0.2, 0.25) is 5.82 Å². The summed E-state index contributed by atoms with van der Waals surface area (Å²) >= 11 is 1.31. The molecule has 0 radical (unpaired) electrons. The number of carbonyl (C=O) groups excluding carboxylic acids is 2. The van der Waals surface area contributed by atoms with Crippen LogP contribution in [0.25, 0.3) is 21.5 Å². The number of carbonyl (C=O) groups is 2. The van der Waals surface area contributed by atoms with Crippen LogP contribution in [0.1, 0.15) is 15.9 Å². The van der Waals surface area contributed by atoms with E-state index in [1.165, 1.54) is 22.3 Å². The van der Waals surface area contributed by atoms with Gasteiger partial charge in [-0.25, -0.2) is 9.78 Å². The summed E-state index contributed by atoms with van der Waals surface area (Å²) in [4.78, 5) is 28.6. The maximum absolute atomic E-state index is 12.3. The number of benzene rings is 1. The normalized spacial score (nSPS) is 10.9. The van der Waals surface area contributed by atoms with E-state index >= 15 is 0 Å². The summed E-state index contributed by atoms with van der Waals surface area (Å²) in [6.07, 6.45) is 1.32. The lowest BCUT2D eigenvalue weighted by Crippen LogP contribution is -2.21. The zero-order chi connectivity index (χ0) is 22.0. The zero-order valence-electron chi connectivity index (χ0n) is 16.3. The molecule has 0 aliphatic carbocycles. The van der Waals surface area contributed by atoms with Crippen molar-refractivity contribution in [3.8, 4) is 17.1 Å². The number of pyridine rings is 1. The van der Waals surface area contributed by atoms with E-state index in [0.29, 0.717) is 21.7 Å². The number of amides is 1. The molecule has 1 amide bonds. The predicted molar refractivity (Wildman–Crippen MR) is 112 cm³/mol. The van der Waals surface area contributed by atoms with Crippen LogP contribution in [0.3, 0.4) is 0 Å². The third-order valence-electron chi connectivity index (χ3n) is 4.26. The second-order valence-corrected chi connectivity index (χ2v) is 7.36. The van der Waals surface area contributed by atoms with Crippen molar-refractivity contribution < 1.29 is 19.1 Å². The van der Waals surface area contributed by atoms with E-state index in [9.17, 15) is 9.59 Å². The molecular weight excluding hydrogens is 422 g/mol. The number of hydrogen-bond donors (Lipinski definition) is 2. The summed E-state index contributed by atoms with van der Waals surface area (Å²) < 4.78 is 11.4. The molecule has 0 unspecified atom stereocenters. The van der Waals surface area contributed by atoms with E-state index < -0.39 is 18.5 Å². The summed E-state index contributed by atoms with van der Waals surface area (Å²) in [5.74, 6) is -0.0878. The first-order chi connectivity index (χ1) is 14.9. The smallest absolute Gasteiger partial charge is 0.341 e. The van der Waals surface area contributed by atoms with Crippen LogP contribution in [0.4, 0.5) is 5.82 Å². The summed E-state index contributed by atoms with van der Waals surface area (Å²) in [5, 5.41) is 14.4. The largest absolute Gasteiger partial charge is 0.489 e. The van der Waals surface area contributed by atoms with E-state index in [1.54, 1.807) is 13.1 Å². The molecule has 0 saturated heterocycles. The van der Waals surface area contributed by atoms with Gasteiger partial charge in [0.05, 0.1) is 17.3 Å². The molecule has 11 nitrogen and oxygen atoms in total. The Morgan fingerprint density at radius 3 is 2.87 bits per heavy atom. The molecule has 0 aliphatic rings. The molecule has 0 aliphatic heterocycles. The lowest BCUT2D eigenvalue weighted by molar-refractivity contribution is -0.121. The Bertz CT molecular complexity index is 1280. The van der Waals surface area contributed by atoms with Crippen molar-refractivity contribution in [1.82, 2.24) is 25.2 Å². The molecule has 4 N–H and O–H groups in total. The van der Waals surface area contributed by atoms with Gasteiger partial charge in [-0.1, -0.05) is 12.1 Å². The third kappa shape index (κ3) is 4.28.